The van der Waals surface area contributed by atoms with Gasteiger partial charge in [-0.2, -0.15) is 0 Å². The molecule has 1 aromatic rings. The van der Waals surface area contributed by atoms with Crippen LogP contribution in [0.3, 0.4) is 0 Å². The SMILES string of the molecule is COC1CCN(c2ncc(CNC3CC3)cn2)CC1. The van der Waals surface area contributed by atoms with Crippen molar-refractivity contribution < 1.29 is 4.74 Å². The van der Waals surface area contributed by atoms with Gasteiger partial charge in [0.15, 0.2) is 0 Å². The van der Waals surface area contributed by atoms with Crippen molar-refractivity contribution in [3.05, 3.63) is 18.0 Å². The fourth-order valence-corrected chi connectivity index (χ4v) is 2.44. The highest BCUT2D eigenvalue weighted by atomic mass is 16.5. The first-order valence-corrected chi connectivity index (χ1v) is 7.17. The molecule has 0 atom stereocenters. The summed E-state index contributed by atoms with van der Waals surface area (Å²) in [6.07, 6.45) is 9.04. The van der Waals surface area contributed by atoms with Crippen molar-refractivity contribution in [2.24, 2.45) is 0 Å². The van der Waals surface area contributed by atoms with Crippen LogP contribution >= 0.6 is 0 Å². The molecule has 1 aliphatic carbocycles. The number of ether oxygens (including phenoxy) is 1. The van der Waals surface area contributed by atoms with E-state index in [2.05, 4.69) is 20.2 Å². The van der Waals surface area contributed by atoms with E-state index in [1.54, 1.807) is 7.11 Å². The van der Waals surface area contributed by atoms with Crippen LogP contribution in [0.5, 0.6) is 0 Å². The van der Waals surface area contributed by atoms with Crippen LogP contribution in [0.15, 0.2) is 12.4 Å². The number of rotatable bonds is 5. The van der Waals surface area contributed by atoms with Gasteiger partial charge in [-0.05, 0) is 25.7 Å². The van der Waals surface area contributed by atoms with Crippen LogP contribution < -0.4 is 10.2 Å². The van der Waals surface area contributed by atoms with E-state index >= 15 is 0 Å². The molecule has 1 aliphatic heterocycles. The molecule has 0 aromatic carbocycles. The van der Waals surface area contributed by atoms with Crippen LogP contribution in [-0.4, -0.2) is 42.3 Å². The summed E-state index contributed by atoms with van der Waals surface area (Å²) < 4.78 is 5.38. The maximum Gasteiger partial charge on any atom is 0.225 e. The topological polar surface area (TPSA) is 50.3 Å². The van der Waals surface area contributed by atoms with Gasteiger partial charge < -0.3 is 15.0 Å². The van der Waals surface area contributed by atoms with E-state index in [4.69, 9.17) is 4.74 Å². The van der Waals surface area contributed by atoms with Gasteiger partial charge >= 0.3 is 0 Å². The number of hydrogen-bond acceptors (Lipinski definition) is 5. The van der Waals surface area contributed by atoms with Gasteiger partial charge in [0.05, 0.1) is 6.10 Å². The van der Waals surface area contributed by atoms with E-state index in [0.717, 1.165) is 44.5 Å². The van der Waals surface area contributed by atoms with Crippen LogP contribution in [0.1, 0.15) is 31.2 Å². The zero-order valence-corrected chi connectivity index (χ0v) is 11.5. The smallest absolute Gasteiger partial charge is 0.225 e. The van der Waals surface area contributed by atoms with Gasteiger partial charge in [-0.15, -0.1) is 0 Å². The van der Waals surface area contributed by atoms with E-state index < -0.39 is 0 Å². The second-order valence-corrected chi connectivity index (χ2v) is 5.47. The van der Waals surface area contributed by atoms with Crippen molar-refractivity contribution in [2.45, 2.75) is 44.4 Å². The zero-order valence-electron chi connectivity index (χ0n) is 11.5. The molecule has 0 radical (unpaired) electrons. The number of methoxy groups -OCH3 is 1. The summed E-state index contributed by atoms with van der Waals surface area (Å²) >= 11 is 0. The molecule has 5 nitrogen and oxygen atoms in total. The molecule has 1 saturated heterocycles. The lowest BCUT2D eigenvalue weighted by atomic mass is 10.1. The predicted octanol–water partition coefficient (Wildman–Crippen LogP) is 1.34. The molecular formula is C14H22N4O. The number of hydrogen-bond donors (Lipinski definition) is 1. The molecular weight excluding hydrogens is 240 g/mol. The van der Waals surface area contributed by atoms with E-state index in [-0.39, 0.29) is 0 Å². The van der Waals surface area contributed by atoms with Crippen LogP contribution in [0.25, 0.3) is 0 Å². The van der Waals surface area contributed by atoms with Crippen molar-refractivity contribution in [3.8, 4) is 0 Å². The van der Waals surface area contributed by atoms with E-state index in [0.29, 0.717) is 6.10 Å². The summed E-state index contributed by atoms with van der Waals surface area (Å²) in [6.45, 7) is 2.85. The third-order valence-corrected chi connectivity index (χ3v) is 3.92. The quantitative estimate of drug-likeness (QED) is 0.868. The largest absolute Gasteiger partial charge is 0.381 e. The molecule has 0 spiro atoms. The number of anilines is 1. The maximum atomic E-state index is 5.38. The van der Waals surface area contributed by atoms with Gasteiger partial charge in [-0.1, -0.05) is 0 Å². The molecule has 1 N–H and O–H groups in total. The number of nitrogens with zero attached hydrogens (tertiary/aromatic N) is 3. The first-order valence-electron chi connectivity index (χ1n) is 7.17. The lowest BCUT2D eigenvalue weighted by molar-refractivity contribution is 0.0816. The Bertz CT molecular complexity index is 396. The van der Waals surface area contributed by atoms with Crippen LogP contribution in [-0.2, 0) is 11.3 Å². The highest BCUT2D eigenvalue weighted by Gasteiger charge is 2.21. The van der Waals surface area contributed by atoms with Gasteiger partial charge in [-0.3, -0.25) is 0 Å². The molecule has 1 saturated carbocycles. The highest BCUT2D eigenvalue weighted by molar-refractivity contribution is 5.30. The lowest BCUT2D eigenvalue weighted by Gasteiger charge is -2.31. The monoisotopic (exact) mass is 262 g/mol. The van der Waals surface area contributed by atoms with E-state index in [9.17, 15) is 0 Å². The van der Waals surface area contributed by atoms with Gasteiger partial charge in [0.2, 0.25) is 5.95 Å². The Kier molecular flexibility index (Phi) is 3.94. The van der Waals surface area contributed by atoms with Gasteiger partial charge in [0, 0.05) is 50.7 Å². The van der Waals surface area contributed by atoms with Crippen molar-refractivity contribution in [3.63, 3.8) is 0 Å². The Morgan fingerprint density at radius 1 is 1.21 bits per heavy atom. The molecule has 104 valence electrons. The first kappa shape index (κ1) is 12.8. The summed E-state index contributed by atoms with van der Waals surface area (Å²) in [4.78, 5) is 11.2. The van der Waals surface area contributed by atoms with Gasteiger partial charge in [0.1, 0.15) is 0 Å². The fraction of sp³-hybridized carbons (Fsp3) is 0.714. The van der Waals surface area contributed by atoms with Gasteiger partial charge in [-0.25, -0.2) is 9.97 Å². The third-order valence-electron chi connectivity index (χ3n) is 3.92. The van der Waals surface area contributed by atoms with Crippen molar-refractivity contribution >= 4 is 5.95 Å². The highest BCUT2D eigenvalue weighted by Crippen LogP contribution is 2.20. The van der Waals surface area contributed by atoms with E-state index in [1.165, 1.54) is 18.4 Å². The molecule has 2 fully saturated rings. The van der Waals surface area contributed by atoms with Crippen molar-refractivity contribution in [1.29, 1.82) is 0 Å². The predicted molar refractivity (Wildman–Crippen MR) is 74.1 cm³/mol. The molecule has 0 unspecified atom stereocenters. The average molecular weight is 262 g/mol. The molecule has 2 heterocycles. The van der Waals surface area contributed by atoms with E-state index in [1.807, 2.05) is 12.4 Å². The molecule has 5 heteroatoms. The minimum absolute atomic E-state index is 0.401. The Balaban J connectivity index is 1.53. The Labute approximate surface area is 114 Å². The number of aromatic nitrogens is 2. The summed E-state index contributed by atoms with van der Waals surface area (Å²) in [5.74, 6) is 0.852. The second-order valence-electron chi connectivity index (χ2n) is 5.47. The molecule has 3 rings (SSSR count). The summed E-state index contributed by atoms with van der Waals surface area (Å²) in [5.41, 5.74) is 1.17. The molecule has 0 amide bonds. The molecule has 0 bridgehead atoms. The summed E-state index contributed by atoms with van der Waals surface area (Å²) in [5, 5.41) is 3.48. The normalized spacial score (nSPS) is 20.8. The fourth-order valence-electron chi connectivity index (χ4n) is 2.44. The summed E-state index contributed by atoms with van der Waals surface area (Å²) in [7, 11) is 1.79. The molecule has 1 aromatic heterocycles. The van der Waals surface area contributed by atoms with Crippen LogP contribution in [0.4, 0.5) is 5.95 Å². The second kappa shape index (κ2) is 5.84. The summed E-state index contributed by atoms with van der Waals surface area (Å²) in [6, 6.07) is 0.729. The standard InChI is InChI=1S/C14H22N4O/c1-19-13-4-6-18(7-5-13)14-16-9-11(10-17-14)8-15-12-2-3-12/h9-10,12-13,15H,2-8H2,1H3. The van der Waals surface area contributed by atoms with Gasteiger partial charge in [0.25, 0.3) is 0 Å². The Morgan fingerprint density at radius 2 is 1.89 bits per heavy atom. The minimum atomic E-state index is 0.401. The molecule has 19 heavy (non-hydrogen) atoms. The Hall–Kier alpha value is -1.20. The first-order chi connectivity index (χ1) is 9.35. The lowest BCUT2D eigenvalue weighted by Crippen LogP contribution is -2.37. The average Bonchev–Trinajstić information content (AvgIpc) is 3.30. The van der Waals surface area contributed by atoms with Crippen molar-refractivity contribution in [2.75, 3.05) is 25.1 Å². The maximum absolute atomic E-state index is 5.38. The Morgan fingerprint density at radius 3 is 2.47 bits per heavy atom. The third kappa shape index (κ3) is 3.42. The molecule has 2 aliphatic rings. The zero-order chi connectivity index (χ0) is 13.1. The number of piperidine rings is 1. The van der Waals surface area contributed by atoms with Crippen molar-refractivity contribution in [1.82, 2.24) is 15.3 Å². The number of nitrogens with one attached hydrogen (secondary N) is 1. The van der Waals surface area contributed by atoms with Crippen LogP contribution in [0, 0.1) is 0 Å². The van der Waals surface area contributed by atoms with Crippen LogP contribution in [0.2, 0.25) is 0 Å². The minimum Gasteiger partial charge on any atom is -0.381 e.